The summed E-state index contributed by atoms with van der Waals surface area (Å²) in [6.45, 7) is 0.609. The molecule has 1 fully saturated rings. The van der Waals surface area contributed by atoms with E-state index < -0.39 is 5.82 Å². The van der Waals surface area contributed by atoms with E-state index in [-0.39, 0.29) is 5.02 Å². The van der Waals surface area contributed by atoms with Crippen LogP contribution in [0.5, 0.6) is 17.5 Å². The van der Waals surface area contributed by atoms with Crippen molar-refractivity contribution in [1.29, 1.82) is 0 Å². The molecule has 0 spiro atoms. The molecule has 1 aliphatic carbocycles. The van der Waals surface area contributed by atoms with Crippen molar-refractivity contribution in [2.24, 2.45) is 5.92 Å². The number of hydrogen-bond donors (Lipinski definition) is 1. The Labute approximate surface area is 126 Å². The lowest BCUT2D eigenvalue weighted by Crippen LogP contribution is -2.04. The van der Waals surface area contributed by atoms with Crippen LogP contribution in [0.4, 0.5) is 10.1 Å². The van der Waals surface area contributed by atoms with Crippen LogP contribution in [0.1, 0.15) is 12.8 Å². The Hall–Kier alpha value is -2.01. The normalized spacial score (nSPS) is 14.0. The number of halogens is 2. The van der Waals surface area contributed by atoms with Crippen LogP contribution in [-0.2, 0) is 0 Å². The van der Waals surface area contributed by atoms with E-state index in [1.165, 1.54) is 31.0 Å². The minimum absolute atomic E-state index is 0.175. The third kappa shape index (κ3) is 3.55. The van der Waals surface area contributed by atoms with Gasteiger partial charge in [0, 0.05) is 6.07 Å². The second kappa shape index (κ2) is 5.77. The molecule has 2 aromatic rings. The Kier molecular flexibility index (Phi) is 3.84. The molecule has 1 aliphatic rings. The van der Waals surface area contributed by atoms with E-state index in [0.29, 0.717) is 35.7 Å². The van der Waals surface area contributed by atoms with Crippen LogP contribution < -0.4 is 15.2 Å². The van der Waals surface area contributed by atoms with Crippen molar-refractivity contribution < 1.29 is 13.9 Å². The fourth-order valence-electron chi connectivity index (χ4n) is 1.76. The van der Waals surface area contributed by atoms with Crippen LogP contribution in [-0.4, -0.2) is 11.6 Å². The van der Waals surface area contributed by atoms with E-state index in [2.05, 4.69) is 4.98 Å². The second-order valence-corrected chi connectivity index (χ2v) is 5.38. The fourth-order valence-corrected chi connectivity index (χ4v) is 1.96. The molecule has 6 heteroatoms. The number of hydrogen-bond acceptors (Lipinski definition) is 4. The van der Waals surface area contributed by atoms with Crippen molar-refractivity contribution in [2.45, 2.75) is 12.8 Å². The van der Waals surface area contributed by atoms with Gasteiger partial charge in [-0.3, -0.25) is 0 Å². The van der Waals surface area contributed by atoms with Gasteiger partial charge in [-0.15, -0.1) is 0 Å². The summed E-state index contributed by atoms with van der Waals surface area (Å²) in [5.41, 5.74) is 6.27. The zero-order chi connectivity index (χ0) is 14.8. The molecule has 1 saturated carbocycles. The molecule has 110 valence electrons. The second-order valence-electron chi connectivity index (χ2n) is 4.98. The zero-order valence-corrected chi connectivity index (χ0v) is 11.9. The highest BCUT2D eigenvalue weighted by Crippen LogP contribution is 2.33. The number of benzene rings is 1. The number of nitrogens with zero attached hydrogens (tertiary/aromatic N) is 1. The van der Waals surface area contributed by atoms with Crippen LogP contribution in [0.2, 0.25) is 5.02 Å². The molecule has 21 heavy (non-hydrogen) atoms. The molecule has 0 amide bonds. The average Bonchev–Trinajstić information content (AvgIpc) is 3.26. The molecule has 0 saturated heterocycles. The summed E-state index contributed by atoms with van der Waals surface area (Å²) in [5.74, 6) is 1.14. The first-order valence-electron chi connectivity index (χ1n) is 6.64. The first-order chi connectivity index (χ1) is 10.1. The number of anilines is 1. The van der Waals surface area contributed by atoms with Crippen LogP contribution in [0, 0.1) is 11.7 Å². The third-order valence-electron chi connectivity index (χ3n) is 3.13. The van der Waals surface area contributed by atoms with Crippen molar-refractivity contribution >= 4 is 17.3 Å². The van der Waals surface area contributed by atoms with Crippen molar-refractivity contribution in [3.63, 3.8) is 0 Å². The summed E-state index contributed by atoms with van der Waals surface area (Å²) < 4.78 is 24.1. The lowest BCUT2D eigenvalue weighted by molar-refractivity contribution is 0.286. The van der Waals surface area contributed by atoms with E-state index in [1.807, 2.05) is 0 Å². The van der Waals surface area contributed by atoms with Gasteiger partial charge < -0.3 is 15.2 Å². The van der Waals surface area contributed by atoms with Gasteiger partial charge in [0.05, 0.1) is 17.3 Å². The number of nitrogens with two attached hydrogens (primary N) is 1. The number of ether oxygens (including phenoxy) is 2. The monoisotopic (exact) mass is 308 g/mol. The van der Waals surface area contributed by atoms with Gasteiger partial charge in [-0.1, -0.05) is 11.6 Å². The Morgan fingerprint density at radius 3 is 2.81 bits per heavy atom. The van der Waals surface area contributed by atoms with Gasteiger partial charge in [-0.25, -0.2) is 4.39 Å². The van der Waals surface area contributed by atoms with Crippen molar-refractivity contribution in [1.82, 2.24) is 4.98 Å². The first-order valence-corrected chi connectivity index (χ1v) is 7.02. The lowest BCUT2D eigenvalue weighted by Gasteiger charge is -2.10. The van der Waals surface area contributed by atoms with Gasteiger partial charge in [0.2, 0.25) is 11.8 Å². The van der Waals surface area contributed by atoms with Gasteiger partial charge >= 0.3 is 0 Å². The third-order valence-corrected chi connectivity index (χ3v) is 3.42. The fraction of sp³-hybridized carbons (Fsp3) is 0.267. The lowest BCUT2D eigenvalue weighted by atomic mass is 10.3. The zero-order valence-electron chi connectivity index (χ0n) is 11.2. The quantitative estimate of drug-likeness (QED) is 0.905. The molecular weight excluding hydrogens is 295 g/mol. The molecule has 2 N–H and O–H groups in total. The minimum Gasteiger partial charge on any atom is -0.476 e. The SMILES string of the molecule is Nc1ccc(Oc2ccc(F)cc2Cl)nc1OCC1CC1. The molecule has 0 atom stereocenters. The minimum atomic E-state index is -0.425. The summed E-state index contributed by atoms with van der Waals surface area (Å²) in [6.07, 6.45) is 2.36. The van der Waals surface area contributed by atoms with Crippen LogP contribution in [0.3, 0.4) is 0 Å². The van der Waals surface area contributed by atoms with E-state index >= 15 is 0 Å². The molecule has 0 bridgehead atoms. The van der Waals surface area contributed by atoms with Crippen LogP contribution in [0.15, 0.2) is 30.3 Å². The molecule has 1 heterocycles. The highest BCUT2D eigenvalue weighted by atomic mass is 35.5. The Balaban J connectivity index is 1.76. The van der Waals surface area contributed by atoms with Gasteiger partial charge in [-0.2, -0.15) is 4.98 Å². The van der Waals surface area contributed by atoms with Crippen molar-refractivity contribution in [2.75, 3.05) is 12.3 Å². The van der Waals surface area contributed by atoms with E-state index in [1.54, 1.807) is 12.1 Å². The summed E-state index contributed by atoms with van der Waals surface area (Å²) in [4.78, 5) is 4.21. The van der Waals surface area contributed by atoms with Crippen molar-refractivity contribution in [3.05, 3.63) is 41.2 Å². The number of aromatic nitrogens is 1. The maximum Gasteiger partial charge on any atom is 0.240 e. The standard InChI is InChI=1S/C15H14ClFN2O2/c16-11-7-10(17)3-5-13(11)21-14-6-4-12(18)15(19-14)20-8-9-1-2-9/h3-7,9H,1-2,8,18H2. The molecule has 0 aliphatic heterocycles. The molecule has 0 radical (unpaired) electrons. The Bertz CT molecular complexity index is 662. The molecule has 4 nitrogen and oxygen atoms in total. The van der Waals surface area contributed by atoms with Gasteiger partial charge in [-0.05, 0) is 43.0 Å². The topological polar surface area (TPSA) is 57.4 Å². The largest absolute Gasteiger partial charge is 0.476 e. The predicted molar refractivity (Wildman–Crippen MR) is 78.4 cm³/mol. The summed E-state index contributed by atoms with van der Waals surface area (Å²) >= 11 is 5.91. The van der Waals surface area contributed by atoms with Gasteiger partial charge in [0.15, 0.2) is 0 Å². The highest BCUT2D eigenvalue weighted by molar-refractivity contribution is 6.32. The highest BCUT2D eigenvalue weighted by Gasteiger charge is 2.22. The predicted octanol–water partition coefficient (Wildman–Crippen LogP) is 4.04. The first kappa shape index (κ1) is 13.9. The number of rotatable bonds is 5. The van der Waals surface area contributed by atoms with Crippen molar-refractivity contribution in [3.8, 4) is 17.5 Å². The Morgan fingerprint density at radius 2 is 2.10 bits per heavy atom. The molecule has 1 aromatic heterocycles. The molecule has 0 unspecified atom stereocenters. The summed E-state index contributed by atoms with van der Waals surface area (Å²) in [7, 11) is 0. The summed E-state index contributed by atoms with van der Waals surface area (Å²) in [6, 6.07) is 7.16. The summed E-state index contributed by atoms with van der Waals surface area (Å²) in [5, 5.41) is 0.175. The molecular formula is C15H14ClFN2O2. The molecule has 3 rings (SSSR count). The maximum atomic E-state index is 13.0. The van der Waals surface area contributed by atoms with E-state index in [0.717, 1.165) is 0 Å². The number of pyridine rings is 1. The van der Waals surface area contributed by atoms with Gasteiger partial charge in [0.1, 0.15) is 11.6 Å². The van der Waals surface area contributed by atoms with E-state index in [9.17, 15) is 4.39 Å². The smallest absolute Gasteiger partial charge is 0.240 e. The molecule has 1 aromatic carbocycles. The Morgan fingerprint density at radius 1 is 1.29 bits per heavy atom. The van der Waals surface area contributed by atoms with Crippen LogP contribution >= 0.6 is 11.6 Å². The van der Waals surface area contributed by atoms with E-state index in [4.69, 9.17) is 26.8 Å². The van der Waals surface area contributed by atoms with Crippen LogP contribution in [0.25, 0.3) is 0 Å². The number of nitrogen functional groups attached to an aromatic ring is 1. The maximum absolute atomic E-state index is 13.0. The van der Waals surface area contributed by atoms with Gasteiger partial charge in [0.25, 0.3) is 0 Å². The average molecular weight is 309 g/mol.